The van der Waals surface area contributed by atoms with Crippen LogP contribution in [0.15, 0.2) is 0 Å². The largest absolute Gasteiger partial charge is 0.376 e. The zero-order chi connectivity index (χ0) is 10.6. The van der Waals surface area contributed by atoms with Crippen LogP contribution in [0.2, 0.25) is 0 Å². The number of unbranched alkanes of at least 4 members (excludes halogenated alkanes) is 1. The van der Waals surface area contributed by atoms with Crippen LogP contribution in [0.25, 0.3) is 0 Å². The number of ketones is 1. The van der Waals surface area contributed by atoms with E-state index < -0.39 is 0 Å². The highest BCUT2D eigenvalue weighted by atomic mass is 32.2. The van der Waals surface area contributed by atoms with Crippen LogP contribution in [0.4, 0.5) is 0 Å². The van der Waals surface area contributed by atoms with Crippen LogP contribution in [-0.4, -0.2) is 29.0 Å². The number of carbonyl (C=O) groups is 1. The van der Waals surface area contributed by atoms with E-state index in [4.69, 9.17) is 4.74 Å². The Bertz CT molecular complexity index is 205. The fourth-order valence-corrected chi connectivity index (χ4v) is 3.07. The van der Waals surface area contributed by atoms with E-state index in [1.54, 1.807) is 11.8 Å². The highest BCUT2D eigenvalue weighted by Gasteiger charge is 2.52. The molecule has 1 rings (SSSR count). The average Bonchev–Trinajstić information content (AvgIpc) is 2.18. The maximum Gasteiger partial charge on any atom is 0.153 e. The van der Waals surface area contributed by atoms with Gasteiger partial charge in [-0.1, -0.05) is 13.3 Å². The second-order valence-corrected chi connectivity index (χ2v) is 5.43. The molecule has 0 bridgehead atoms. The van der Waals surface area contributed by atoms with Crippen molar-refractivity contribution in [1.29, 1.82) is 0 Å². The lowest BCUT2D eigenvalue weighted by atomic mass is 9.80. The quantitative estimate of drug-likeness (QED) is 0.638. The van der Waals surface area contributed by atoms with E-state index in [1.165, 1.54) is 12.8 Å². The third kappa shape index (κ3) is 2.31. The number of carbonyl (C=O) groups excluding carboxylic acids is 1. The first kappa shape index (κ1) is 12.1. The lowest BCUT2D eigenvalue weighted by molar-refractivity contribution is -0.139. The summed E-state index contributed by atoms with van der Waals surface area (Å²) in [7, 11) is 0. The number of hydrogen-bond donors (Lipinski definition) is 0. The first-order chi connectivity index (χ1) is 6.65. The Balaban J connectivity index is 2.39. The molecule has 2 atom stereocenters. The zero-order valence-corrected chi connectivity index (χ0v) is 10.2. The molecular formula is C11H20O2S. The lowest BCUT2D eigenvalue weighted by Gasteiger charge is -2.44. The van der Waals surface area contributed by atoms with Gasteiger partial charge in [-0.15, -0.1) is 11.8 Å². The summed E-state index contributed by atoms with van der Waals surface area (Å²) in [5, 5.41) is 0. The van der Waals surface area contributed by atoms with E-state index in [1.807, 2.05) is 13.8 Å². The van der Waals surface area contributed by atoms with Gasteiger partial charge in [-0.2, -0.15) is 0 Å². The molecule has 0 radical (unpaired) electrons. The predicted molar refractivity (Wildman–Crippen MR) is 60.8 cm³/mol. The third-order valence-electron chi connectivity index (χ3n) is 2.81. The Labute approximate surface area is 90.8 Å². The summed E-state index contributed by atoms with van der Waals surface area (Å²) in [4.78, 5) is 11.5. The van der Waals surface area contributed by atoms with Crippen molar-refractivity contribution in [2.24, 2.45) is 0 Å². The predicted octanol–water partition coefficient (Wildman–Crippen LogP) is 2.66. The maximum absolute atomic E-state index is 11.5. The Morgan fingerprint density at radius 1 is 1.57 bits per heavy atom. The number of rotatable bonds is 6. The van der Waals surface area contributed by atoms with Crippen molar-refractivity contribution >= 4 is 17.5 Å². The third-order valence-corrected chi connectivity index (χ3v) is 4.39. The molecule has 0 aliphatic heterocycles. The smallest absolute Gasteiger partial charge is 0.153 e. The summed E-state index contributed by atoms with van der Waals surface area (Å²) in [6.07, 6.45) is 3.15. The monoisotopic (exact) mass is 216 g/mol. The molecule has 0 N–H and O–H groups in total. The molecule has 0 spiro atoms. The molecule has 1 fully saturated rings. The molecule has 0 aromatic heterocycles. The Morgan fingerprint density at radius 2 is 2.29 bits per heavy atom. The molecule has 0 aromatic rings. The molecule has 82 valence electrons. The second-order valence-electron chi connectivity index (χ2n) is 3.88. The van der Waals surface area contributed by atoms with E-state index in [9.17, 15) is 4.79 Å². The first-order valence-electron chi connectivity index (χ1n) is 5.44. The van der Waals surface area contributed by atoms with Gasteiger partial charge in [-0.05, 0) is 26.0 Å². The summed E-state index contributed by atoms with van der Waals surface area (Å²) in [5.74, 6) is 1.43. The number of Topliss-reactive ketones (excluding diaryl/α,β-unsaturated/α-hetero) is 1. The van der Waals surface area contributed by atoms with Gasteiger partial charge in [-0.25, -0.2) is 0 Å². The topological polar surface area (TPSA) is 26.3 Å². The van der Waals surface area contributed by atoms with Gasteiger partial charge in [-0.3, -0.25) is 4.79 Å². The van der Waals surface area contributed by atoms with Crippen LogP contribution in [-0.2, 0) is 9.53 Å². The lowest BCUT2D eigenvalue weighted by Crippen LogP contribution is -2.57. The molecule has 0 heterocycles. The van der Waals surface area contributed by atoms with E-state index in [2.05, 4.69) is 6.92 Å². The molecule has 14 heavy (non-hydrogen) atoms. The van der Waals surface area contributed by atoms with Crippen LogP contribution in [0.5, 0.6) is 0 Å². The summed E-state index contributed by atoms with van der Waals surface area (Å²) >= 11 is 1.77. The average molecular weight is 216 g/mol. The number of thioether (sulfide) groups is 1. The first-order valence-corrected chi connectivity index (χ1v) is 6.42. The van der Waals surface area contributed by atoms with Crippen LogP contribution in [0.3, 0.4) is 0 Å². The molecule has 0 saturated heterocycles. The maximum atomic E-state index is 11.5. The van der Waals surface area contributed by atoms with Crippen molar-refractivity contribution in [1.82, 2.24) is 0 Å². The molecule has 3 heteroatoms. The molecule has 1 saturated carbocycles. The summed E-state index contributed by atoms with van der Waals surface area (Å²) in [6.45, 7) is 6.90. The van der Waals surface area contributed by atoms with Gasteiger partial charge in [0, 0.05) is 13.0 Å². The van der Waals surface area contributed by atoms with E-state index >= 15 is 0 Å². The highest BCUT2D eigenvalue weighted by molar-refractivity contribution is 8.01. The summed E-state index contributed by atoms with van der Waals surface area (Å²) < 4.78 is 5.31. The van der Waals surface area contributed by atoms with Crippen molar-refractivity contribution < 1.29 is 9.53 Å². The molecule has 2 nitrogen and oxygen atoms in total. The molecule has 0 amide bonds. The fourth-order valence-electron chi connectivity index (χ4n) is 1.64. The van der Waals surface area contributed by atoms with E-state index in [0.717, 1.165) is 5.75 Å². The molecule has 0 unspecified atom stereocenters. The van der Waals surface area contributed by atoms with Crippen LogP contribution in [0, 0.1) is 0 Å². The van der Waals surface area contributed by atoms with Crippen LogP contribution in [0.1, 0.15) is 40.0 Å². The van der Waals surface area contributed by atoms with Crippen molar-refractivity contribution in [3.63, 3.8) is 0 Å². The molecule has 1 aliphatic carbocycles. The van der Waals surface area contributed by atoms with Crippen LogP contribution < -0.4 is 0 Å². The summed E-state index contributed by atoms with van der Waals surface area (Å²) in [5.41, 5.74) is 0. The minimum absolute atomic E-state index is 0.154. The standard InChI is InChI=1S/C11H20O2S/c1-4-6-7-14-11(3)9(12)8-10(11)13-5-2/h10H,4-8H2,1-3H3/t10-,11-/m0/s1. The SMILES string of the molecule is CCCCS[C@@]1(C)C(=O)C[C@@H]1OCC. The highest BCUT2D eigenvalue weighted by Crippen LogP contribution is 2.43. The molecular weight excluding hydrogens is 196 g/mol. The number of ether oxygens (including phenoxy) is 1. The van der Waals surface area contributed by atoms with Crippen LogP contribution >= 0.6 is 11.8 Å². The second kappa shape index (κ2) is 5.17. The van der Waals surface area contributed by atoms with Gasteiger partial charge in [0.2, 0.25) is 0 Å². The zero-order valence-electron chi connectivity index (χ0n) is 9.34. The van der Waals surface area contributed by atoms with Crippen molar-refractivity contribution in [2.45, 2.75) is 50.9 Å². The summed E-state index contributed by atoms with van der Waals surface area (Å²) in [6, 6.07) is 0. The minimum atomic E-state index is -0.245. The Morgan fingerprint density at radius 3 is 2.79 bits per heavy atom. The fraction of sp³-hybridized carbons (Fsp3) is 0.909. The van der Waals surface area contributed by atoms with E-state index in [0.29, 0.717) is 18.8 Å². The Kier molecular flexibility index (Phi) is 4.45. The van der Waals surface area contributed by atoms with Gasteiger partial charge >= 0.3 is 0 Å². The molecule has 1 aliphatic rings. The van der Waals surface area contributed by atoms with Gasteiger partial charge in [0.1, 0.15) is 0 Å². The normalized spacial score (nSPS) is 31.6. The van der Waals surface area contributed by atoms with Gasteiger partial charge in [0.05, 0.1) is 10.9 Å². The van der Waals surface area contributed by atoms with Crippen molar-refractivity contribution in [2.75, 3.05) is 12.4 Å². The van der Waals surface area contributed by atoms with Gasteiger partial charge in [0.15, 0.2) is 5.78 Å². The van der Waals surface area contributed by atoms with Crippen molar-refractivity contribution in [3.8, 4) is 0 Å². The van der Waals surface area contributed by atoms with Crippen molar-refractivity contribution in [3.05, 3.63) is 0 Å². The Hall–Kier alpha value is -0.0200. The van der Waals surface area contributed by atoms with Gasteiger partial charge < -0.3 is 4.74 Å². The molecule has 0 aromatic carbocycles. The van der Waals surface area contributed by atoms with E-state index in [-0.39, 0.29) is 10.9 Å². The minimum Gasteiger partial charge on any atom is -0.376 e. The number of hydrogen-bond acceptors (Lipinski definition) is 3. The van der Waals surface area contributed by atoms with Gasteiger partial charge in [0.25, 0.3) is 0 Å².